The van der Waals surface area contributed by atoms with Crippen LogP contribution in [0, 0.1) is 12.7 Å². The molecule has 142 valence electrons. The maximum absolute atomic E-state index is 14.5. The molecule has 0 saturated heterocycles. The zero-order chi connectivity index (χ0) is 19.8. The number of fused-ring (bicyclic) bond motifs is 1. The van der Waals surface area contributed by atoms with Crippen molar-refractivity contribution in [2.24, 2.45) is 0 Å². The van der Waals surface area contributed by atoms with Crippen LogP contribution in [-0.2, 0) is 0 Å². The third kappa shape index (κ3) is 3.32. The second-order valence-corrected chi connectivity index (χ2v) is 7.01. The molecule has 0 aliphatic heterocycles. The Kier molecular flexibility index (Phi) is 4.75. The molecule has 28 heavy (non-hydrogen) atoms. The van der Waals surface area contributed by atoms with Gasteiger partial charge in [-0.1, -0.05) is 29.8 Å². The first-order chi connectivity index (χ1) is 13.4. The molecular weight excluding hydrogens is 379 g/mol. The number of aliphatic hydroxyl groups is 1. The molecule has 1 atom stereocenters. The van der Waals surface area contributed by atoms with Crippen molar-refractivity contribution >= 4 is 33.9 Å². The Labute approximate surface area is 166 Å². The highest BCUT2D eigenvalue weighted by Gasteiger charge is 2.14. The lowest BCUT2D eigenvalue weighted by Gasteiger charge is -2.15. The minimum Gasteiger partial charge on any atom is -0.389 e. The van der Waals surface area contributed by atoms with Crippen molar-refractivity contribution in [1.29, 1.82) is 0 Å². The molecule has 2 heterocycles. The molecule has 0 saturated carbocycles. The zero-order valence-corrected chi connectivity index (χ0v) is 16.0. The third-order valence-corrected chi connectivity index (χ3v) is 4.94. The van der Waals surface area contributed by atoms with Crippen LogP contribution < -0.4 is 5.32 Å². The van der Waals surface area contributed by atoms with Crippen LogP contribution in [0.5, 0.6) is 0 Å². The van der Waals surface area contributed by atoms with Crippen molar-refractivity contribution in [2.45, 2.75) is 20.0 Å². The van der Waals surface area contributed by atoms with E-state index in [1.807, 2.05) is 43.3 Å². The maximum Gasteiger partial charge on any atom is 0.151 e. The number of aromatic amines is 1. The van der Waals surface area contributed by atoms with E-state index < -0.39 is 11.9 Å². The van der Waals surface area contributed by atoms with E-state index >= 15 is 0 Å². The lowest BCUT2D eigenvalue weighted by molar-refractivity contribution is 0.200. The number of nitrogens with one attached hydrogen (secondary N) is 2. The summed E-state index contributed by atoms with van der Waals surface area (Å²) in [6.07, 6.45) is 0.979. The van der Waals surface area contributed by atoms with E-state index in [9.17, 15) is 9.50 Å². The fraction of sp³-hybridized carbons (Fsp3) is 0.143. The average Bonchev–Trinajstić information content (AvgIpc) is 3.05. The Morgan fingerprint density at radius 2 is 2.00 bits per heavy atom. The van der Waals surface area contributed by atoms with E-state index in [2.05, 4.69) is 20.5 Å². The summed E-state index contributed by atoms with van der Waals surface area (Å²) in [5.41, 5.74) is 4.49. The molecule has 5 nitrogen and oxygen atoms in total. The van der Waals surface area contributed by atoms with Crippen molar-refractivity contribution < 1.29 is 9.50 Å². The van der Waals surface area contributed by atoms with Gasteiger partial charge in [-0.3, -0.25) is 5.10 Å². The smallest absolute Gasteiger partial charge is 0.151 e. The highest BCUT2D eigenvalue weighted by atomic mass is 35.5. The number of benzene rings is 2. The van der Waals surface area contributed by atoms with Crippen LogP contribution in [0.4, 0.5) is 15.8 Å². The summed E-state index contributed by atoms with van der Waals surface area (Å²) < 4.78 is 14.5. The van der Waals surface area contributed by atoms with Gasteiger partial charge in [0.25, 0.3) is 0 Å². The molecule has 0 aliphatic carbocycles. The van der Waals surface area contributed by atoms with Crippen LogP contribution in [0.25, 0.3) is 22.0 Å². The fourth-order valence-corrected chi connectivity index (χ4v) is 3.42. The van der Waals surface area contributed by atoms with Crippen LogP contribution >= 0.6 is 11.6 Å². The Hall–Kier alpha value is -2.96. The number of aryl methyl sites for hydroxylation is 1. The summed E-state index contributed by atoms with van der Waals surface area (Å²) in [6, 6.07) is 12.5. The molecular formula is C21H18ClFN4O. The first-order valence-electron chi connectivity index (χ1n) is 8.78. The van der Waals surface area contributed by atoms with Gasteiger partial charge in [-0.2, -0.15) is 5.10 Å². The molecule has 3 N–H and O–H groups in total. The number of para-hydroxylation sites is 1. The Morgan fingerprint density at radius 3 is 2.79 bits per heavy atom. The molecule has 0 radical (unpaired) electrons. The minimum absolute atomic E-state index is 0.272. The molecule has 2 aromatic carbocycles. The predicted octanol–water partition coefficient (Wildman–Crippen LogP) is 5.52. The standard InChI is InChI=1S/C21H18ClFN4O/c1-11-16-7-13(8-18(23)20(16)27-26-11)17-9-14(10-24-21(17)22)25-19-6-4-3-5-15(19)12(2)28/h3-10,12,25,28H,1-2H3,(H,26,27). The lowest BCUT2D eigenvalue weighted by atomic mass is 10.0. The largest absolute Gasteiger partial charge is 0.389 e. The van der Waals surface area contributed by atoms with Crippen molar-refractivity contribution in [3.8, 4) is 11.1 Å². The summed E-state index contributed by atoms with van der Waals surface area (Å²) >= 11 is 6.31. The molecule has 0 aliphatic rings. The SMILES string of the molecule is Cc1[nH]nc2c(F)cc(-c3cc(Nc4ccccc4C(C)O)cnc3Cl)cc12. The van der Waals surface area contributed by atoms with Crippen molar-refractivity contribution in [1.82, 2.24) is 15.2 Å². The van der Waals surface area contributed by atoms with Gasteiger partial charge >= 0.3 is 0 Å². The van der Waals surface area contributed by atoms with Crippen molar-refractivity contribution in [3.05, 3.63) is 70.9 Å². The van der Waals surface area contributed by atoms with Crippen LogP contribution in [0.3, 0.4) is 0 Å². The molecule has 7 heteroatoms. The van der Waals surface area contributed by atoms with E-state index in [0.717, 1.165) is 16.9 Å². The van der Waals surface area contributed by atoms with E-state index in [0.29, 0.717) is 27.7 Å². The maximum atomic E-state index is 14.5. The second kappa shape index (κ2) is 7.22. The van der Waals surface area contributed by atoms with E-state index in [1.54, 1.807) is 13.1 Å². The lowest BCUT2D eigenvalue weighted by Crippen LogP contribution is -2.00. The number of pyridine rings is 1. The van der Waals surface area contributed by atoms with Crippen LogP contribution in [-0.4, -0.2) is 20.3 Å². The molecule has 4 aromatic rings. The average molecular weight is 397 g/mol. The molecule has 0 amide bonds. The fourth-order valence-electron chi connectivity index (χ4n) is 3.20. The highest BCUT2D eigenvalue weighted by molar-refractivity contribution is 6.32. The second-order valence-electron chi connectivity index (χ2n) is 6.65. The van der Waals surface area contributed by atoms with E-state index in [4.69, 9.17) is 11.6 Å². The number of hydrogen-bond donors (Lipinski definition) is 3. The molecule has 1 unspecified atom stereocenters. The van der Waals surface area contributed by atoms with Crippen LogP contribution in [0.2, 0.25) is 5.15 Å². The summed E-state index contributed by atoms with van der Waals surface area (Å²) in [4.78, 5) is 4.24. The van der Waals surface area contributed by atoms with Crippen LogP contribution in [0.1, 0.15) is 24.3 Å². The Morgan fingerprint density at radius 1 is 1.21 bits per heavy atom. The number of halogens is 2. The molecule has 4 rings (SSSR count). The van der Waals surface area contributed by atoms with Gasteiger partial charge in [0.1, 0.15) is 10.7 Å². The summed E-state index contributed by atoms with van der Waals surface area (Å²) in [7, 11) is 0. The molecule has 2 aromatic heterocycles. The number of nitrogens with zero attached hydrogens (tertiary/aromatic N) is 2. The number of H-pyrrole nitrogens is 1. The van der Waals surface area contributed by atoms with Gasteiger partial charge in [0.15, 0.2) is 5.82 Å². The predicted molar refractivity (Wildman–Crippen MR) is 109 cm³/mol. The van der Waals surface area contributed by atoms with Crippen molar-refractivity contribution in [2.75, 3.05) is 5.32 Å². The number of hydrogen-bond acceptors (Lipinski definition) is 4. The highest BCUT2D eigenvalue weighted by Crippen LogP contribution is 2.34. The summed E-state index contributed by atoms with van der Waals surface area (Å²) in [6.45, 7) is 3.54. The minimum atomic E-state index is -0.621. The summed E-state index contributed by atoms with van der Waals surface area (Å²) in [5.74, 6) is -0.425. The first kappa shape index (κ1) is 18.4. The number of aliphatic hydroxyl groups excluding tert-OH is 1. The third-order valence-electron chi connectivity index (χ3n) is 4.64. The van der Waals surface area contributed by atoms with Gasteiger partial charge in [0.2, 0.25) is 0 Å². The van der Waals surface area contributed by atoms with Gasteiger partial charge in [0.05, 0.1) is 18.0 Å². The monoisotopic (exact) mass is 396 g/mol. The van der Waals surface area contributed by atoms with Crippen molar-refractivity contribution in [3.63, 3.8) is 0 Å². The van der Waals surface area contributed by atoms with E-state index in [-0.39, 0.29) is 5.15 Å². The quantitative estimate of drug-likeness (QED) is 0.397. The zero-order valence-electron chi connectivity index (χ0n) is 15.3. The Bertz CT molecular complexity index is 1170. The van der Waals surface area contributed by atoms with Gasteiger partial charge in [-0.05, 0) is 43.7 Å². The molecule has 0 fully saturated rings. The number of aromatic nitrogens is 3. The number of rotatable bonds is 4. The summed E-state index contributed by atoms with van der Waals surface area (Å²) in [5, 5.41) is 21.0. The Balaban J connectivity index is 1.77. The van der Waals surface area contributed by atoms with Gasteiger partial charge < -0.3 is 10.4 Å². The first-order valence-corrected chi connectivity index (χ1v) is 9.16. The molecule has 0 bridgehead atoms. The van der Waals surface area contributed by atoms with E-state index in [1.165, 1.54) is 6.07 Å². The van der Waals surface area contributed by atoms with Gasteiger partial charge in [0, 0.05) is 27.9 Å². The topological polar surface area (TPSA) is 73.8 Å². The van der Waals surface area contributed by atoms with Gasteiger partial charge in [-0.15, -0.1) is 0 Å². The number of anilines is 2. The van der Waals surface area contributed by atoms with Crippen LogP contribution in [0.15, 0.2) is 48.7 Å². The van der Waals surface area contributed by atoms with Gasteiger partial charge in [-0.25, -0.2) is 9.37 Å². The normalized spacial score (nSPS) is 12.3. The molecule has 0 spiro atoms.